The molecule has 0 spiro atoms. The maximum atomic E-state index is 13.3. The fraction of sp³-hybridized carbons (Fsp3) is 0.156. The summed E-state index contributed by atoms with van der Waals surface area (Å²) in [5.74, 6) is 0.481. The Balaban J connectivity index is 0.00000308. The molecule has 0 saturated carbocycles. The van der Waals surface area contributed by atoms with E-state index in [1.54, 1.807) is 4.90 Å². The Morgan fingerprint density at radius 1 is 0.846 bits per heavy atom. The minimum atomic E-state index is -0.310. The molecule has 6 nitrogen and oxygen atoms in total. The first-order valence-electron chi connectivity index (χ1n) is 12.8. The van der Waals surface area contributed by atoms with Gasteiger partial charge in [0.25, 0.3) is 0 Å². The van der Waals surface area contributed by atoms with E-state index in [0.717, 1.165) is 22.3 Å². The van der Waals surface area contributed by atoms with Gasteiger partial charge in [-0.05, 0) is 66.3 Å². The van der Waals surface area contributed by atoms with E-state index in [1.165, 1.54) is 16.7 Å². The molecule has 5 aromatic rings. The molecule has 4 aromatic carbocycles. The number of hydrogen-bond acceptors (Lipinski definition) is 3. The number of nitrogens with one attached hydrogen (secondary N) is 1. The number of halogens is 1. The molecular weight excluding hydrogens is 508 g/mol. The number of rotatable bonds is 4. The summed E-state index contributed by atoms with van der Waals surface area (Å²) in [4.78, 5) is 32.2. The Kier molecular flexibility index (Phi) is 6.98. The third kappa shape index (κ3) is 4.57. The lowest BCUT2D eigenvalue weighted by Crippen LogP contribution is -2.26. The minimum absolute atomic E-state index is 0. The highest BCUT2D eigenvalue weighted by atomic mass is 35.5. The van der Waals surface area contributed by atoms with Crippen molar-refractivity contribution in [1.82, 2.24) is 9.55 Å². The van der Waals surface area contributed by atoms with E-state index in [4.69, 9.17) is 4.98 Å². The predicted octanol–water partition coefficient (Wildman–Crippen LogP) is 7.22. The van der Waals surface area contributed by atoms with Gasteiger partial charge in [0, 0.05) is 35.1 Å². The highest BCUT2D eigenvalue weighted by Crippen LogP contribution is 2.40. The van der Waals surface area contributed by atoms with E-state index in [2.05, 4.69) is 48.9 Å². The molecule has 6 rings (SSSR count). The summed E-state index contributed by atoms with van der Waals surface area (Å²) in [5, 5.41) is 4.86. The van der Waals surface area contributed by atoms with Gasteiger partial charge in [0.2, 0.25) is 11.8 Å². The van der Waals surface area contributed by atoms with Crippen molar-refractivity contribution < 1.29 is 9.59 Å². The van der Waals surface area contributed by atoms with Gasteiger partial charge in [-0.25, -0.2) is 4.98 Å². The smallest absolute Gasteiger partial charge is 0.241 e. The van der Waals surface area contributed by atoms with Crippen LogP contribution in [0.2, 0.25) is 0 Å². The molecular formula is C32H29ClN4O2. The maximum absolute atomic E-state index is 13.3. The van der Waals surface area contributed by atoms with Gasteiger partial charge < -0.3 is 9.88 Å². The largest absolute Gasteiger partial charge is 0.323 e. The number of nitrogens with zero attached hydrogens (tertiary/aromatic N) is 3. The second-order valence-electron chi connectivity index (χ2n) is 9.83. The van der Waals surface area contributed by atoms with Gasteiger partial charge in [-0.1, -0.05) is 55.5 Å². The molecule has 2 amide bonds. The Bertz CT molecular complexity index is 1690. The van der Waals surface area contributed by atoms with Crippen LogP contribution < -0.4 is 10.2 Å². The lowest BCUT2D eigenvalue weighted by molar-refractivity contribution is -0.124. The monoisotopic (exact) mass is 536 g/mol. The van der Waals surface area contributed by atoms with Crippen LogP contribution >= 0.6 is 12.4 Å². The molecule has 1 aliphatic heterocycles. The fourth-order valence-corrected chi connectivity index (χ4v) is 5.65. The molecule has 1 aliphatic rings. The number of aromatic nitrogens is 2. The first kappa shape index (κ1) is 26.2. The maximum Gasteiger partial charge on any atom is 0.241 e. The number of anilines is 3. The molecule has 0 bridgehead atoms. The van der Waals surface area contributed by atoms with Crippen LogP contribution in [0, 0.1) is 13.8 Å². The van der Waals surface area contributed by atoms with E-state index in [0.29, 0.717) is 17.1 Å². The van der Waals surface area contributed by atoms with Crippen LogP contribution in [0.15, 0.2) is 91.3 Å². The van der Waals surface area contributed by atoms with Crippen molar-refractivity contribution in [3.05, 3.63) is 114 Å². The molecule has 0 aliphatic carbocycles. The van der Waals surface area contributed by atoms with Crippen LogP contribution in [0.3, 0.4) is 0 Å². The SMILES string of the molecule is Cc1cccc(C)c1C(C)c1nccn1-c1ccc(N2C(=O)CC(=O)Nc3c2ccc2ccccc32)cc1.Cl. The zero-order valence-corrected chi connectivity index (χ0v) is 22.8. The van der Waals surface area contributed by atoms with Gasteiger partial charge in [0.15, 0.2) is 0 Å². The fourth-order valence-electron chi connectivity index (χ4n) is 5.65. The quantitative estimate of drug-likeness (QED) is 0.246. The van der Waals surface area contributed by atoms with Gasteiger partial charge in [-0.2, -0.15) is 0 Å². The number of amides is 2. The van der Waals surface area contributed by atoms with Crippen molar-refractivity contribution in [3.8, 4) is 5.69 Å². The number of carbonyl (C=O) groups excluding carboxylic acids is 2. The van der Waals surface area contributed by atoms with Crippen molar-refractivity contribution >= 4 is 52.1 Å². The molecule has 2 heterocycles. The van der Waals surface area contributed by atoms with E-state index in [9.17, 15) is 9.59 Å². The summed E-state index contributed by atoms with van der Waals surface area (Å²) in [5.41, 5.74) is 6.76. The molecule has 1 atom stereocenters. The summed E-state index contributed by atoms with van der Waals surface area (Å²) in [7, 11) is 0. The van der Waals surface area contributed by atoms with Gasteiger partial charge >= 0.3 is 0 Å². The van der Waals surface area contributed by atoms with E-state index >= 15 is 0 Å². The first-order chi connectivity index (χ1) is 18.4. The standard InChI is InChI=1S/C32H28N4O2.ClH/c1-20-7-6-8-21(2)30(20)22(3)32-33-17-18-35(32)24-12-14-25(15-13-24)36-27-16-11-23-9-4-5-10-26(23)31(27)34-28(37)19-29(36)38;/h4-18,22H,19H2,1-3H3,(H,34,37);1H. The second-order valence-corrected chi connectivity index (χ2v) is 9.83. The van der Waals surface area contributed by atoms with E-state index in [-0.39, 0.29) is 36.6 Å². The van der Waals surface area contributed by atoms with Gasteiger partial charge in [0.05, 0.1) is 11.4 Å². The number of aryl methyl sites for hydroxylation is 2. The Morgan fingerprint density at radius 3 is 2.28 bits per heavy atom. The van der Waals surface area contributed by atoms with Crippen LogP contribution in [-0.4, -0.2) is 21.4 Å². The van der Waals surface area contributed by atoms with Gasteiger partial charge in [-0.15, -0.1) is 12.4 Å². The second kappa shape index (κ2) is 10.4. The van der Waals surface area contributed by atoms with Crippen LogP contribution in [-0.2, 0) is 9.59 Å². The number of hydrogen-bond donors (Lipinski definition) is 1. The van der Waals surface area contributed by atoms with Crippen LogP contribution in [0.1, 0.15) is 41.8 Å². The number of imidazole rings is 1. The van der Waals surface area contributed by atoms with Crippen molar-refractivity contribution in [3.63, 3.8) is 0 Å². The third-order valence-corrected chi connectivity index (χ3v) is 7.39. The molecule has 0 saturated heterocycles. The minimum Gasteiger partial charge on any atom is -0.323 e. The molecule has 1 N–H and O–H groups in total. The number of benzene rings is 4. The van der Waals surface area contributed by atoms with Crippen molar-refractivity contribution in [2.75, 3.05) is 10.2 Å². The summed E-state index contributed by atoms with van der Waals surface area (Å²) in [6.45, 7) is 6.46. The van der Waals surface area contributed by atoms with Crippen LogP contribution in [0.5, 0.6) is 0 Å². The molecule has 0 radical (unpaired) electrons. The van der Waals surface area contributed by atoms with Gasteiger partial charge in [0.1, 0.15) is 12.2 Å². The average Bonchev–Trinajstić information content (AvgIpc) is 3.35. The number of carbonyl (C=O) groups is 2. The molecule has 39 heavy (non-hydrogen) atoms. The molecule has 7 heteroatoms. The predicted molar refractivity (Wildman–Crippen MR) is 159 cm³/mol. The van der Waals surface area contributed by atoms with Crippen LogP contribution in [0.25, 0.3) is 16.5 Å². The molecule has 0 fully saturated rings. The highest BCUT2D eigenvalue weighted by Gasteiger charge is 2.29. The Hall–Kier alpha value is -4.42. The van der Waals surface area contributed by atoms with Crippen molar-refractivity contribution in [2.24, 2.45) is 0 Å². The average molecular weight is 537 g/mol. The molecule has 1 unspecified atom stereocenters. The Labute approximate surface area is 233 Å². The molecule has 196 valence electrons. The Morgan fingerprint density at radius 2 is 1.54 bits per heavy atom. The summed E-state index contributed by atoms with van der Waals surface area (Å²) >= 11 is 0. The van der Waals surface area contributed by atoms with Gasteiger partial charge in [-0.3, -0.25) is 14.5 Å². The highest BCUT2D eigenvalue weighted by molar-refractivity contribution is 6.21. The number of fused-ring (bicyclic) bond motifs is 3. The lowest BCUT2D eigenvalue weighted by Gasteiger charge is -2.24. The summed E-state index contributed by atoms with van der Waals surface area (Å²) < 4.78 is 2.09. The first-order valence-corrected chi connectivity index (χ1v) is 12.8. The van der Waals surface area contributed by atoms with E-state index in [1.807, 2.05) is 73.1 Å². The van der Waals surface area contributed by atoms with Crippen molar-refractivity contribution in [1.29, 1.82) is 0 Å². The zero-order chi connectivity index (χ0) is 26.4. The van der Waals surface area contributed by atoms with Crippen LogP contribution in [0.4, 0.5) is 17.1 Å². The lowest BCUT2D eigenvalue weighted by atomic mass is 9.91. The van der Waals surface area contributed by atoms with E-state index < -0.39 is 0 Å². The normalized spacial score (nSPS) is 13.9. The molecule has 1 aromatic heterocycles. The van der Waals surface area contributed by atoms with Crippen molar-refractivity contribution in [2.45, 2.75) is 33.1 Å². The summed E-state index contributed by atoms with van der Waals surface area (Å²) in [6.07, 6.45) is 3.57. The third-order valence-electron chi connectivity index (χ3n) is 7.39. The topological polar surface area (TPSA) is 67.2 Å². The summed E-state index contributed by atoms with van der Waals surface area (Å²) in [6, 6.07) is 25.9. The zero-order valence-electron chi connectivity index (χ0n) is 22.0.